The van der Waals surface area contributed by atoms with Crippen molar-refractivity contribution < 1.29 is 14.6 Å². The maximum atomic E-state index is 9.31. The van der Waals surface area contributed by atoms with Gasteiger partial charge in [0.15, 0.2) is 11.5 Å². The molecule has 0 spiro atoms. The van der Waals surface area contributed by atoms with Crippen molar-refractivity contribution >= 4 is 27.5 Å². The highest BCUT2D eigenvalue weighted by atomic mass is 79.9. The molecule has 0 saturated heterocycles. The summed E-state index contributed by atoms with van der Waals surface area (Å²) in [5, 5.41) is 13.3. The number of rotatable bonds is 10. The standard InChI is InChI=1S/C20H25BrClNO3/c1-3-16(12-24)23-11-14-9-17(21)20(19(10-14)25-4-2)26-13-15-7-5-6-8-18(15)22/h5-10,16,23-24H,3-4,11-13H2,1-2H3/t16-/m1/s1. The molecule has 4 nitrogen and oxygen atoms in total. The molecule has 0 aromatic heterocycles. The predicted molar refractivity (Wildman–Crippen MR) is 109 cm³/mol. The third kappa shape index (κ3) is 5.88. The van der Waals surface area contributed by atoms with E-state index in [0.29, 0.717) is 36.3 Å². The molecule has 0 amide bonds. The van der Waals surface area contributed by atoms with Crippen LogP contribution in [0, 0.1) is 0 Å². The normalized spacial score (nSPS) is 12.0. The topological polar surface area (TPSA) is 50.7 Å². The molecule has 0 radical (unpaired) electrons. The molecule has 2 rings (SSSR count). The quantitative estimate of drug-likeness (QED) is 0.547. The lowest BCUT2D eigenvalue weighted by Crippen LogP contribution is -2.31. The van der Waals surface area contributed by atoms with Gasteiger partial charge < -0.3 is 19.9 Å². The van der Waals surface area contributed by atoms with E-state index in [1.54, 1.807) is 0 Å². The molecule has 0 aliphatic rings. The summed E-state index contributed by atoms with van der Waals surface area (Å²) in [5.41, 5.74) is 1.97. The van der Waals surface area contributed by atoms with Gasteiger partial charge in [-0.15, -0.1) is 0 Å². The summed E-state index contributed by atoms with van der Waals surface area (Å²) in [4.78, 5) is 0. The van der Waals surface area contributed by atoms with Gasteiger partial charge in [0.25, 0.3) is 0 Å². The summed E-state index contributed by atoms with van der Waals surface area (Å²) < 4.78 is 12.6. The lowest BCUT2D eigenvalue weighted by Gasteiger charge is -2.18. The van der Waals surface area contributed by atoms with Gasteiger partial charge in [-0.3, -0.25) is 0 Å². The molecule has 0 saturated carbocycles. The van der Waals surface area contributed by atoms with E-state index in [2.05, 4.69) is 21.2 Å². The van der Waals surface area contributed by atoms with E-state index in [9.17, 15) is 5.11 Å². The second-order valence-corrected chi connectivity index (χ2v) is 7.15. The number of aliphatic hydroxyl groups is 1. The third-order valence-corrected chi connectivity index (χ3v) is 4.96. The zero-order valence-electron chi connectivity index (χ0n) is 15.1. The Hall–Kier alpha value is -1.27. The number of nitrogens with one attached hydrogen (secondary N) is 1. The highest BCUT2D eigenvalue weighted by Crippen LogP contribution is 2.37. The van der Waals surface area contributed by atoms with Crippen LogP contribution >= 0.6 is 27.5 Å². The third-order valence-electron chi connectivity index (χ3n) is 4.01. The first-order valence-corrected chi connectivity index (χ1v) is 9.91. The average molecular weight is 443 g/mol. The van der Waals surface area contributed by atoms with Crippen molar-refractivity contribution in [3.8, 4) is 11.5 Å². The van der Waals surface area contributed by atoms with Gasteiger partial charge in [0, 0.05) is 23.2 Å². The number of hydrogen-bond donors (Lipinski definition) is 2. The van der Waals surface area contributed by atoms with Crippen molar-refractivity contribution in [1.82, 2.24) is 5.32 Å². The molecule has 0 aliphatic heterocycles. The second-order valence-electron chi connectivity index (χ2n) is 5.89. The lowest BCUT2D eigenvalue weighted by atomic mass is 10.1. The molecular formula is C20H25BrClNO3. The summed E-state index contributed by atoms with van der Waals surface area (Å²) in [5.74, 6) is 1.34. The molecule has 0 aliphatic carbocycles. The van der Waals surface area contributed by atoms with Crippen LogP contribution in [0.5, 0.6) is 11.5 Å². The van der Waals surface area contributed by atoms with Crippen molar-refractivity contribution in [2.45, 2.75) is 39.5 Å². The van der Waals surface area contributed by atoms with Gasteiger partial charge in [-0.05, 0) is 53.0 Å². The van der Waals surface area contributed by atoms with Crippen LogP contribution in [0.3, 0.4) is 0 Å². The first kappa shape index (κ1) is 21.0. The van der Waals surface area contributed by atoms with Gasteiger partial charge >= 0.3 is 0 Å². The fraction of sp³-hybridized carbons (Fsp3) is 0.400. The highest BCUT2D eigenvalue weighted by Gasteiger charge is 2.14. The van der Waals surface area contributed by atoms with Crippen molar-refractivity contribution in [1.29, 1.82) is 0 Å². The Morgan fingerprint density at radius 2 is 1.96 bits per heavy atom. The van der Waals surface area contributed by atoms with E-state index in [1.165, 1.54) is 0 Å². The number of halogens is 2. The number of hydrogen-bond acceptors (Lipinski definition) is 4. The Morgan fingerprint density at radius 3 is 2.62 bits per heavy atom. The SMILES string of the molecule is CCOc1cc(CN[C@H](CC)CO)cc(Br)c1OCc1ccccc1Cl. The molecule has 1 atom stereocenters. The first-order valence-electron chi connectivity index (χ1n) is 8.74. The maximum Gasteiger partial charge on any atom is 0.175 e. The average Bonchev–Trinajstić information content (AvgIpc) is 2.63. The zero-order valence-corrected chi connectivity index (χ0v) is 17.4. The summed E-state index contributed by atoms with van der Waals surface area (Å²) in [7, 11) is 0. The number of ether oxygens (including phenoxy) is 2. The Labute approximate surface area is 168 Å². The minimum absolute atomic E-state index is 0.0838. The summed E-state index contributed by atoms with van der Waals surface area (Å²) in [6.07, 6.45) is 0.870. The van der Waals surface area contributed by atoms with Gasteiger partial charge in [-0.2, -0.15) is 0 Å². The minimum atomic E-state index is 0.0838. The molecule has 26 heavy (non-hydrogen) atoms. The minimum Gasteiger partial charge on any atom is -0.490 e. The van der Waals surface area contributed by atoms with Crippen LogP contribution in [0.2, 0.25) is 5.02 Å². The largest absolute Gasteiger partial charge is 0.490 e. The smallest absolute Gasteiger partial charge is 0.175 e. The Bertz CT molecular complexity index is 707. The van der Waals surface area contributed by atoms with E-state index < -0.39 is 0 Å². The van der Waals surface area contributed by atoms with E-state index >= 15 is 0 Å². The first-order chi connectivity index (χ1) is 12.6. The van der Waals surface area contributed by atoms with Crippen molar-refractivity contribution in [3.63, 3.8) is 0 Å². The number of aliphatic hydroxyl groups excluding tert-OH is 1. The maximum absolute atomic E-state index is 9.31. The van der Waals surface area contributed by atoms with Crippen LogP contribution in [0.15, 0.2) is 40.9 Å². The van der Waals surface area contributed by atoms with E-state index in [0.717, 1.165) is 22.0 Å². The van der Waals surface area contributed by atoms with Gasteiger partial charge in [-0.25, -0.2) is 0 Å². The monoisotopic (exact) mass is 441 g/mol. The summed E-state index contributed by atoms with van der Waals surface area (Å²) >= 11 is 9.79. The molecule has 6 heteroatoms. The van der Waals surface area contributed by atoms with E-state index in [-0.39, 0.29) is 12.6 Å². The van der Waals surface area contributed by atoms with Crippen LogP contribution in [0.1, 0.15) is 31.4 Å². The molecule has 142 valence electrons. The molecule has 2 aromatic carbocycles. The molecule has 0 bridgehead atoms. The summed E-state index contributed by atoms with van der Waals surface area (Å²) in [6, 6.07) is 11.7. The van der Waals surface area contributed by atoms with Gasteiger partial charge in [0.2, 0.25) is 0 Å². The van der Waals surface area contributed by atoms with Crippen LogP contribution in [0.25, 0.3) is 0 Å². The van der Waals surface area contributed by atoms with Crippen LogP contribution in [-0.4, -0.2) is 24.4 Å². The summed E-state index contributed by atoms with van der Waals surface area (Å²) in [6.45, 7) is 5.65. The van der Waals surface area contributed by atoms with Gasteiger partial charge in [0.1, 0.15) is 6.61 Å². The van der Waals surface area contributed by atoms with Gasteiger partial charge in [-0.1, -0.05) is 36.7 Å². The van der Waals surface area contributed by atoms with Gasteiger partial charge in [0.05, 0.1) is 17.7 Å². The molecule has 0 fully saturated rings. The highest BCUT2D eigenvalue weighted by molar-refractivity contribution is 9.10. The van der Waals surface area contributed by atoms with Crippen LogP contribution in [0.4, 0.5) is 0 Å². The number of benzene rings is 2. The fourth-order valence-electron chi connectivity index (χ4n) is 2.49. The Kier molecular flexibility index (Phi) is 8.72. The molecular weight excluding hydrogens is 418 g/mol. The zero-order chi connectivity index (χ0) is 18.9. The molecule has 0 unspecified atom stereocenters. The van der Waals surface area contributed by atoms with Crippen LogP contribution in [-0.2, 0) is 13.2 Å². The molecule has 2 aromatic rings. The fourth-order valence-corrected chi connectivity index (χ4v) is 3.29. The van der Waals surface area contributed by atoms with Crippen molar-refractivity contribution in [2.75, 3.05) is 13.2 Å². The van der Waals surface area contributed by atoms with Crippen molar-refractivity contribution in [3.05, 3.63) is 57.0 Å². The Balaban J connectivity index is 2.16. The van der Waals surface area contributed by atoms with Crippen molar-refractivity contribution in [2.24, 2.45) is 0 Å². The van der Waals surface area contributed by atoms with Crippen LogP contribution < -0.4 is 14.8 Å². The lowest BCUT2D eigenvalue weighted by molar-refractivity contribution is 0.238. The molecule has 0 heterocycles. The van der Waals surface area contributed by atoms with E-state index in [1.807, 2.05) is 50.2 Å². The molecule has 2 N–H and O–H groups in total. The second kappa shape index (κ2) is 10.8. The predicted octanol–water partition coefficient (Wildman–Crippen LogP) is 4.94. The Morgan fingerprint density at radius 1 is 1.19 bits per heavy atom. The van der Waals surface area contributed by atoms with E-state index in [4.69, 9.17) is 21.1 Å².